The number of rotatable bonds is 5. The summed E-state index contributed by atoms with van der Waals surface area (Å²) in [6.07, 6.45) is 1.99. The van der Waals surface area contributed by atoms with Gasteiger partial charge in [0.2, 0.25) is 0 Å². The number of nitrogen functional groups attached to an aromatic ring is 1. The van der Waals surface area contributed by atoms with E-state index in [0.717, 1.165) is 4.70 Å². The van der Waals surface area contributed by atoms with Crippen LogP contribution < -0.4 is 5.73 Å². The zero-order chi connectivity index (χ0) is 15.4. The number of hydrogen-bond acceptors (Lipinski definition) is 5. The molecule has 0 saturated carbocycles. The van der Waals surface area contributed by atoms with E-state index in [1.54, 1.807) is 11.1 Å². The van der Waals surface area contributed by atoms with E-state index in [1.807, 2.05) is 26.0 Å². The molecule has 110 valence electrons. The van der Waals surface area contributed by atoms with Crippen LogP contribution in [0.1, 0.15) is 29.9 Å². The molecule has 2 aromatic heterocycles. The molecule has 6 heteroatoms. The standard InChI is InChI=1S/C15H18N4OS/c1-10(2)9-19(8-4-6-16)15(20)14-12(17)13-11(21-14)5-3-7-18-13/h3,5,7,10H,4,8-9,17H2,1-2H3. The molecule has 0 aliphatic heterocycles. The van der Waals surface area contributed by atoms with E-state index in [-0.39, 0.29) is 5.91 Å². The van der Waals surface area contributed by atoms with Crippen molar-refractivity contribution >= 4 is 33.1 Å². The van der Waals surface area contributed by atoms with Crippen molar-refractivity contribution in [3.63, 3.8) is 0 Å². The van der Waals surface area contributed by atoms with Crippen LogP contribution in [0, 0.1) is 17.2 Å². The van der Waals surface area contributed by atoms with Crippen LogP contribution in [0.4, 0.5) is 5.69 Å². The maximum atomic E-state index is 12.7. The Hall–Kier alpha value is -2.13. The van der Waals surface area contributed by atoms with Gasteiger partial charge in [-0.3, -0.25) is 9.78 Å². The first-order valence-electron chi connectivity index (χ1n) is 6.83. The van der Waals surface area contributed by atoms with Crippen molar-refractivity contribution in [1.29, 1.82) is 5.26 Å². The molecule has 0 aliphatic rings. The molecular formula is C15H18N4OS. The van der Waals surface area contributed by atoms with E-state index in [0.29, 0.717) is 41.5 Å². The van der Waals surface area contributed by atoms with Gasteiger partial charge in [-0.25, -0.2) is 0 Å². The summed E-state index contributed by atoms with van der Waals surface area (Å²) in [5, 5.41) is 8.75. The highest BCUT2D eigenvalue weighted by Gasteiger charge is 2.22. The number of hydrogen-bond donors (Lipinski definition) is 1. The SMILES string of the molecule is CC(C)CN(CCC#N)C(=O)c1sc2cccnc2c1N. The highest BCUT2D eigenvalue weighted by atomic mass is 32.1. The molecular weight excluding hydrogens is 284 g/mol. The summed E-state index contributed by atoms with van der Waals surface area (Å²) in [7, 11) is 0. The first-order chi connectivity index (χ1) is 10.0. The predicted octanol–water partition coefficient (Wildman–Crippen LogP) is 2.89. The second kappa shape index (κ2) is 6.55. The summed E-state index contributed by atoms with van der Waals surface area (Å²) in [5.74, 6) is 0.223. The summed E-state index contributed by atoms with van der Waals surface area (Å²) >= 11 is 1.36. The van der Waals surface area contributed by atoms with Gasteiger partial charge in [-0.2, -0.15) is 5.26 Å². The number of carbonyl (C=O) groups is 1. The van der Waals surface area contributed by atoms with Gasteiger partial charge in [0.25, 0.3) is 5.91 Å². The second-order valence-corrected chi connectivity index (χ2v) is 6.30. The van der Waals surface area contributed by atoms with Crippen LogP contribution in [0.25, 0.3) is 10.2 Å². The van der Waals surface area contributed by atoms with Crippen molar-refractivity contribution in [1.82, 2.24) is 9.88 Å². The summed E-state index contributed by atoms with van der Waals surface area (Å²) < 4.78 is 0.906. The monoisotopic (exact) mass is 302 g/mol. The van der Waals surface area contributed by atoms with Crippen molar-refractivity contribution in [3.8, 4) is 6.07 Å². The highest BCUT2D eigenvalue weighted by Crippen LogP contribution is 2.32. The minimum absolute atomic E-state index is 0.112. The maximum Gasteiger partial charge on any atom is 0.266 e. The Kier molecular flexibility index (Phi) is 4.76. The average Bonchev–Trinajstić information content (AvgIpc) is 2.80. The third kappa shape index (κ3) is 3.31. The minimum atomic E-state index is -0.112. The van der Waals surface area contributed by atoms with Crippen molar-refractivity contribution < 1.29 is 4.79 Å². The van der Waals surface area contributed by atoms with Crippen LogP contribution in [-0.4, -0.2) is 28.9 Å². The molecule has 0 aromatic carbocycles. The molecule has 0 fully saturated rings. The second-order valence-electron chi connectivity index (χ2n) is 5.25. The normalized spacial score (nSPS) is 10.8. The molecule has 0 bridgehead atoms. The number of pyridine rings is 1. The van der Waals surface area contributed by atoms with Gasteiger partial charge in [-0.05, 0) is 18.1 Å². The summed E-state index contributed by atoms with van der Waals surface area (Å²) in [6.45, 7) is 5.13. The molecule has 0 spiro atoms. The third-order valence-electron chi connectivity index (χ3n) is 3.04. The van der Waals surface area contributed by atoms with Crippen molar-refractivity contribution in [3.05, 3.63) is 23.2 Å². The molecule has 1 amide bonds. The number of nitriles is 1. The molecule has 5 nitrogen and oxygen atoms in total. The molecule has 21 heavy (non-hydrogen) atoms. The topological polar surface area (TPSA) is 83.0 Å². The number of nitrogens with two attached hydrogens (primary N) is 1. The van der Waals surface area contributed by atoms with Gasteiger partial charge in [0, 0.05) is 19.3 Å². The summed E-state index contributed by atoms with van der Waals surface area (Å²) in [4.78, 5) is 19.1. The van der Waals surface area contributed by atoms with Gasteiger partial charge in [-0.1, -0.05) is 13.8 Å². The lowest BCUT2D eigenvalue weighted by atomic mass is 10.2. The Morgan fingerprint density at radius 1 is 1.57 bits per heavy atom. The van der Waals surface area contributed by atoms with Crippen LogP contribution in [-0.2, 0) is 0 Å². The lowest BCUT2D eigenvalue weighted by Gasteiger charge is -2.23. The smallest absolute Gasteiger partial charge is 0.266 e. The van der Waals surface area contributed by atoms with Gasteiger partial charge in [0.15, 0.2) is 0 Å². The Balaban J connectivity index is 2.33. The van der Waals surface area contributed by atoms with Crippen LogP contribution in [0.5, 0.6) is 0 Å². The fourth-order valence-electron chi connectivity index (χ4n) is 2.15. The molecule has 2 N–H and O–H groups in total. The van der Waals surface area contributed by atoms with Crippen LogP contribution in [0.3, 0.4) is 0 Å². The van der Waals surface area contributed by atoms with Gasteiger partial charge < -0.3 is 10.6 Å². The van der Waals surface area contributed by atoms with Crippen LogP contribution in [0.15, 0.2) is 18.3 Å². The van der Waals surface area contributed by atoms with E-state index in [4.69, 9.17) is 11.0 Å². The zero-order valence-electron chi connectivity index (χ0n) is 12.2. The minimum Gasteiger partial charge on any atom is -0.396 e. The molecule has 0 radical (unpaired) electrons. The number of aromatic nitrogens is 1. The van der Waals surface area contributed by atoms with E-state index >= 15 is 0 Å². The fraction of sp³-hybridized carbons (Fsp3) is 0.400. The number of carbonyl (C=O) groups excluding carboxylic acids is 1. The largest absolute Gasteiger partial charge is 0.396 e. The number of amides is 1. The molecule has 2 rings (SSSR count). The number of fused-ring (bicyclic) bond motifs is 1. The highest BCUT2D eigenvalue weighted by molar-refractivity contribution is 7.21. The van der Waals surface area contributed by atoms with E-state index in [1.165, 1.54) is 11.3 Å². The lowest BCUT2D eigenvalue weighted by Crippen LogP contribution is -2.34. The van der Waals surface area contributed by atoms with E-state index in [2.05, 4.69) is 11.1 Å². The van der Waals surface area contributed by atoms with Crippen molar-refractivity contribution in [2.24, 2.45) is 5.92 Å². The van der Waals surface area contributed by atoms with Gasteiger partial charge >= 0.3 is 0 Å². The van der Waals surface area contributed by atoms with E-state index < -0.39 is 0 Å². The first kappa shape index (κ1) is 15.3. The Morgan fingerprint density at radius 2 is 2.33 bits per heavy atom. The van der Waals surface area contributed by atoms with Crippen LogP contribution in [0.2, 0.25) is 0 Å². The van der Waals surface area contributed by atoms with Gasteiger partial charge in [0.05, 0.1) is 22.9 Å². The molecule has 2 aromatic rings. The Morgan fingerprint density at radius 3 is 2.95 bits per heavy atom. The molecule has 2 heterocycles. The van der Waals surface area contributed by atoms with Crippen molar-refractivity contribution in [2.45, 2.75) is 20.3 Å². The molecule has 0 aliphatic carbocycles. The molecule has 0 saturated heterocycles. The number of nitrogens with zero attached hydrogens (tertiary/aromatic N) is 3. The third-order valence-corrected chi connectivity index (χ3v) is 4.19. The lowest BCUT2D eigenvalue weighted by molar-refractivity contribution is 0.0746. The average molecular weight is 302 g/mol. The Labute approximate surface area is 128 Å². The van der Waals surface area contributed by atoms with E-state index in [9.17, 15) is 4.79 Å². The summed E-state index contributed by atoms with van der Waals surface area (Å²) in [5.41, 5.74) is 7.19. The predicted molar refractivity (Wildman–Crippen MR) is 85.0 cm³/mol. The van der Waals surface area contributed by atoms with Crippen LogP contribution >= 0.6 is 11.3 Å². The van der Waals surface area contributed by atoms with Crippen molar-refractivity contribution in [2.75, 3.05) is 18.8 Å². The number of anilines is 1. The first-order valence-corrected chi connectivity index (χ1v) is 7.65. The maximum absolute atomic E-state index is 12.7. The molecule has 0 unspecified atom stereocenters. The number of thiophene rings is 1. The fourth-order valence-corrected chi connectivity index (χ4v) is 3.20. The summed E-state index contributed by atoms with van der Waals surface area (Å²) in [6, 6.07) is 5.82. The van der Waals surface area contributed by atoms with Gasteiger partial charge in [0.1, 0.15) is 10.4 Å². The quantitative estimate of drug-likeness (QED) is 0.920. The molecule has 0 atom stereocenters. The van der Waals surface area contributed by atoms with Gasteiger partial charge in [-0.15, -0.1) is 11.3 Å². The Bertz CT molecular complexity index is 687. The zero-order valence-corrected chi connectivity index (χ0v) is 13.0.